The largest absolute Gasteiger partial charge is 0.496 e. The highest BCUT2D eigenvalue weighted by Gasteiger charge is 2.17. The number of carbonyl (C=O) groups excluding carboxylic acids is 1. The highest BCUT2D eigenvalue weighted by molar-refractivity contribution is 6.59. The van der Waals surface area contributed by atoms with E-state index in [1.807, 2.05) is 6.07 Å². The van der Waals surface area contributed by atoms with E-state index in [4.69, 9.17) is 9.39 Å². The van der Waals surface area contributed by atoms with E-state index in [0.29, 0.717) is 5.46 Å². The van der Waals surface area contributed by atoms with Crippen LogP contribution in [-0.4, -0.2) is 31.9 Å². The Morgan fingerprint density at radius 2 is 2.00 bits per heavy atom. The summed E-state index contributed by atoms with van der Waals surface area (Å²) in [6.07, 6.45) is 0. The molecule has 0 unspecified atom stereocenters. The summed E-state index contributed by atoms with van der Waals surface area (Å²) in [5.74, 6) is -0.852. The van der Waals surface area contributed by atoms with E-state index in [0.717, 1.165) is 6.07 Å². The van der Waals surface area contributed by atoms with Crippen molar-refractivity contribution in [3.8, 4) is 5.75 Å². The molecule has 1 amide bonds. The van der Waals surface area contributed by atoms with Gasteiger partial charge in [-0.05, 0) is 23.7 Å². The van der Waals surface area contributed by atoms with Crippen molar-refractivity contribution in [3.63, 3.8) is 0 Å². The lowest BCUT2D eigenvalue weighted by Gasteiger charge is -2.11. The van der Waals surface area contributed by atoms with Crippen LogP contribution in [0.1, 0.15) is 10.4 Å². The molecule has 2 N–H and O–H groups in total. The topological polar surface area (TPSA) is 67.8 Å². The molecule has 5 nitrogen and oxygen atoms in total. The van der Waals surface area contributed by atoms with Crippen LogP contribution in [0.2, 0.25) is 0 Å². The summed E-state index contributed by atoms with van der Waals surface area (Å²) >= 11 is 0. The van der Waals surface area contributed by atoms with E-state index in [1.165, 1.54) is 19.2 Å². The molecule has 0 aliphatic carbocycles. The van der Waals surface area contributed by atoms with Gasteiger partial charge in [0.2, 0.25) is 0 Å². The molecule has 0 bridgehead atoms. The van der Waals surface area contributed by atoms with Gasteiger partial charge < -0.3 is 19.7 Å². The van der Waals surface area contributed by atoms with Crippen molar-refractivity contribution < 1.29 is 23.6 Å². The number of benzene rings is 2. The van der Waals surface area contributed by atoms with Gasteiger partial charge in [0.05, 0.1) is 12.7 Å². The van der Waals surface area contributed by atoms with Crippen LogP contribution < -0.4 is 15.5 Å². The van der Waals surface area contributed by atoms with Crippen molar-refractivity contribution in [2.24, 2.45) is 0 Å². The van der Waals surface area contributed by atoms with E-state index in [-0.39, 0.29) is 18.0 Å². The summed E-state index contributed by atoms with van der Waals surface area (Å²) < 4.78 is 23.3. The lowest BCUT2D eigenvalue weighted by Crippen LogP contribution is -2.38. The average Bonchev–Trinajstić information content (AvgIpc) is 2.55. The third-order valence-corrected chi connectivity index (χ3v) is 2.96. The van der Waals surface area contributed by atoms with Gasteiger partial charge in [0.15, 0.2) is 0 Å². The normalized spacial score (nSPS) is 10.1. The predicted molar refractivity (Wildman–Crippen MR) is 80.4 cm³/mol. The second kappa shape index (κ2) is 7.58. The van der Waals surface area contributed by atoms with Crippen LogP contribution >= 0.6 is 0 Å². The van der Waals surface area contributed by atoms with Gasteiger partial charge >= 0.3 is 7.12 Å². The maximum atomic E-state index is 13.2. The Hall–Kier alpha value is -2.38. The maximum absolute atomic E-state index is 13.2. The predicted octanol–water partition coefficient (Wildman–Crippen LogP) is 0.926. The van der Waals surface area contributed by atoms with E-state index < -0.39 is 18.8 Å². The second-order valence-corrected chi connectivity index (χ2v) is 4.42. The molecular formula is C15H15BFNO4. The Morgan fingerprint density at radius 3 is 2.68 bits per heavy atom. The fourth-order valence-corrected chi connectivity index (χ4v) is 1.85. The lowest BCUT2D eigenvalue weighted by atomic mass is 9.80. The van der Waals surface area contributed by atoms with Gasteiger partial charge in [-0.1, -0.05) is 30.3 Å². The fraction of sp³-hybridized carbons (Fsp3) is 0.133. The third-order valence-electron chi connectivity index (χ3n) is 2.96. The van der Waals surface area contributed by atoms with Crippen molar-refractivity contribution in [3.05, 3.63) is 59.9 Å². The van der Waals surface area contributed by atoms with E-state index in [9.17, 15) is 14.2 Å². The molecule has 0 atom stereocenters. The van der Waals surface area contributed by atoms with Gasteiger partial charge in [-0.2, -0.15) is 0 Å². The molecule has 7 heteroatoms. The summed E-state index contributed by atoms with van der Waals surface area (Å²) in [6, 6.07) is 12.4. The highest BCUT2D eigenvalue weighted by atomic mass is 19.1. The smallest absolute Gasteiger partial charge is 0.492 e. The van der Waals surface area contributed by atoms with Crippen LogP contribution in [0.4, 0.5) is 4.39 Å². The molecule has 0 spiro atoms. The first-order valence-corrected chi connectivity index (χ1v) is 6.58. The molecule has 0 aliphatic heterocycles. The number of carbonyl (C=O) groups is 1. The Morgan fingerprint density at radius 1 is 1.27 bits per heavy atom. The van der Waals surface area contributed by atoms with Crippen LogP contribution in [0, 0.1) is 5.82 Å². The fourth-order valence-electron chi connectivity index (χ4n) is 1.85. The number of methoxy groups -OCH3 is 1. The minimum Gasteiger partial charge on any atom is -0.496 e. The zero-order valence-electron chi connectivity index (χ0n) is 12.0. The zero-order chi connectivity index (χ0) is 15.9. The van der Waals surface area contributed by atoms with Gasteiger partial charge in [-0.25, -0.2) is 4.39 Å². The number of hydrogen-bond acceptors (Lipinski definition) is 4. The monoisotopic (exact) mass is 303 g/mol. The van der Waals surface area contributed by atoms with Gasteiger partial charge in [0.1, 0.15) is 18.3 Å². The maximum Gasteiger partial charge on any atom is 0.492 e. The molecule has 2 rings (SSSR count). The molecule has 0 aromatic heterocycles. The summed E-state index contributed by atoms with van der Waals surface area (Å²) in [5, 5.41) is 12.2. The standard InChI is InChI=1S/C15H15BFNO4/c1-21-14-8-7-12(17)9-13(14)15(19)18-10-22-16(20)11-5-3-2-4-6-11/h2-9,20H,10H2,1H3,(H,18,19). The second-order valence-electron chi connectivity index (χ2n) is 4.42. The number of ether oxygens (including phenoxy) is 1. The molecule has 0 saturated carbocycles. The molecule has 0 heterocycles. The minimum absolute atomic E-state index is 0.0558. The van der Waals surface area contributed by atoms with E-state index in [1.54, 1.807) is 24.3 Å². The van der Waals surface area contributed by atoms with Crippen LogP contribution in [0.5, 0.6) is 5.75 Å². The quantitative estimate of drug-likeness (QED) is 0.615. The zero-order valence-corrected chi connectivity index (χ0v) is 12.0. The van der Waals surface area contributed by atoms with Crippen LogP contribution in [0.25, 0.3) is 0 Å². The summed E-state index contributed by atoms with van der Waals surface area (Å²) in [4.78, 5) is 12.0. The molecule has 22 heavy (non-hydrogen) atoms. The molecule has 2 aromatic rings. The van der Waals surface area contributed by atoms with E-state index in [2.05, 4.69) is 5.32 Å². The highest BCUT2D eigenvalue weighted by Crippen LogP contribution is 2.18. The average molecular weight is 303 g/mol. The summed E-state index contributed by atoms with van der Waals surface area (Å²) in [5.41, 5.74) is 0.625. The van der Waals surface area contributed by atoms with Crippen molar-refractivity contribution in [2.75, 3.05) is 13.8 Å². The Bertz CT molecular complexity index is 639. The Kier molecular flexibility index (Phi) is 5.51. The van der Waals surface area contributed by atoms with E-state index >= 15 is 0 Å². The van der Waals surface area contributed by atoms with Crippen LogP contribution in [-0.2, 0) is 4.65 Å². The van der Waals surface area contributed by atoms with Crippen molar-refractivity contribution in [2.45, 2.75) is 0 Å². The number of halogens is 1. The van der Waals surface area contributed by atoms with Crippen LogP contribution in [0.3, 0.4) is 0 Å². The van der Waals surface area contributed by atoms with Crippen molar-refractivity contribution >= 4 is 18.5 Å². The summed E-state index contributed by atoms with van der Waals surface area (Å²) in [6.45, 7) is -0.228. The van der Waals surface area contributed by atoms with Crippen molar-refractivity contribution in [1.82, 2.24) is 5.32 Å². The number of amides is 1. The molecule has 2 aromatic carbocycles. The SMILES string of the molecule is COc1ccc(F)cc1C(=O)NCOB(O)c1ccccc1. The first-order valence-electron chi connectivity index (χ1n) is 6.58. The minimum atomic E-state index is -1.16. The van der Waals surface area contributed by atoms with Gasteiger partial charge in [0, 0.05) is 0 Å². The van der Waals surface area contributed by atoms with Gasteiger partial charge in [-0.3, -0.25) is 4.79 Å². The molecule has 0 saturated heterocycles. The van der Waals surface area contributed by atoms with Gasteiger partial charge in [0.25, 0.3) is 5.91 Å². The number of hydrogen-bond donors (Lipinski definition) is 2. The third kappa shape index (κ3) is 4.06. The Labute approximate surface area is 127 Å². The lowest BCUT2D eigenvalue weighted by molar-refractivity contribution is 0.0909. The molecule has 0 aliphatic rings. The van der Waals surface area contributed by atoms with Gasteiger partial charge in [-0.15, -0.1) is 0 Å². The first-order chi connectivity index (χ1) is 10.6. The van der Waals surface area contributed by atoms with Crippen LogP contribution in [0.15, 0.2) is 48.5 Å². The number of nitrogens with one attached hydrogen (secondary N) is 1. The molecule has 114 valence electrons. The molecule has 0 radical (unpaired) electrons. The summed E-state index contributed by atoms with van der Waals surface area (Å²) in [7, 11) is 0.232. The number of rotatable bonds is 6. The molecular weight excluding hydrogens is 288 g/mol. The first kappa shape index (κ1) is 16.0. The molecule has 0 fully saturated rings. The Balaban J connectivity index is 1.92. The van der Waals surface area contributed by atoms with Crippen molar-refractivity contribution in [1.29, 1.82) is 0 Å².